The Morgan fingerprint density at radius 1 is 1.08 bits per heavy atom. The van der Waals surface area contributed by atoms with Gasteiger partial charge in [-0.1, -0.05) is 36.4 Å². The van der Waals surface area contributed by atoms with Gasteiger partial charge in [-0.25, -0.2) is 0 Å². The predicted molar refractivity (Wildman–Crippen MR) is 95.7 cm³/mol. The summed E-state index contributed by atoms with van der Waals surface area (Å²) >= 11 is 0. The Kier molecular flexibility index (Phi) is 4.88. The third-order valence-corrected chi connectivity index (χ3v) is 4.85. The molecule has 0 saturated carbocycles. The van der Waals surface area contributed by atoms with Gasteiger partial charge in [0.2, 0.25) is 6.79 Å². The minimum Gasteiger partial charge on any atom is -0.454 e. The monoisotopic (exact) mass is 340 g/mol. The summed E-state index contributed by atoms with van der Waals surface area (Å²) < 4.78 is 10.9. The molecule has 5 heteroatoms. The van der Waals surface area contributed by atoms with Gasteiger partial charge in [0.1, 0.15) is 0 Å². The number of benzene rings is 2. The van der Waals surface area contributed by atoms with Crippen molar-refractivity contribution < 1.29 is 14.6 Å². The first-order valence-electron chi connectivity index (χ1n) is 8.85. The second-order valence-corrected chi connectivity index (χ2v) is 6.69. The van der Waals surface area contributed by atoms with Crippen LogP contribution in [0.1, 0.15) is 16.7 Å². The van der Waals surface area contributed by atoms with Crippen LogP contribution in [-0.4, -0.2) is 42.5 Å². The zero-order valence-electron chi connectivity index (χ0n) is 14.3. The van der Waals surface area contributed by atoms with Gasteiger partial charge in [0.05, 0.1) is 6.10 Å². The summed E-state index contributed by atoms with van der Waals surface area (Å²) in [4.78, 5) is 2.33. The molecule has 2 N–H and O–H groups in total. The van der Waals surface area contributed by atoms with Crippen LogP contribution in [0.3, 0.4) is 0 Å². The third-order valence-electron chi connectivity index (χ3n) is 4.85. The van der Waals surface area contributed by atoms with Gasteiger partial charge in [-0.15, -0.1) is 0 Å². The number of hydrogen-bond donors (Lipinski definition) is 2. The number of para-hydroxylation sites is 1. The summed E-state index contributed by atoms with van der Waals surface area (Å²) in [5.41, 5.74) is 3.88. The van der Waals surface area contributed by atoms with Crippen molar-refractivity contribution in [1.29, 1.82) is 0 Å². The van der Waals surface area contributed by atoms with E-state index in [1.807, 2.05) is 18.2 Å². The lowest BCUT2D eigenvalue weighted by Crippen LogP contribution is -2.40. The highest BCUT2D eigenvalue weighted by Crippen LogP contribution is 2.35. The van der Waals surface area contributed by atoms with E-state index in [4.69, 9.17) is 9.47 Å². The maximum atomic E-state index is 10.4. The van der Waals surface area contributed by atoms with Crippen LogP contribution in [0.25, 0.3) is 0 Å². The fourth-order valence-electron chi connectivity index (χ4n) is 3.58. The molecule has 0 radical (unpaired) electrons. The van der Waals surface area contributed by atoms with Crippen LogP contribution in [0, 0.1) is 0 Å². The van der Waals surface area contributed by atoms with Gasteiger partial charge in [0.15, 0.2) is 11.5 Å². The molecule has 2 aliphatic rings. The van der Waals surface area contributed by atoms with Crippen molar-refractivity contribution in [2.45, 2.75) is 25.6 Å². The summed E-state index contributed by atoms with van der Waals surface area (Å²) in [6, 6.07) is 14.5. The molecule has 4 rings (SSSR count). The van der Waals surface area contributed by atoms with Crippen molar-refractivity contribution in [3.8, 4) is 11.5 Å². The van der Waals surface area contributed by atoms with Crippen LogP contribution in [-0.2, 0) is 19.5 Å². The summed E-state index contributed by atoms with van der Waals surface area (Å²) in [6.45, 7) is 4.12. The minimum atomic E-state index is -0.390. The first-order valence-corrected chi connectivity index (χ1v) is 8.85. The SMILES string of the molecule is O[C@@H](CNCc1cccc2c1OCO2)CN1CCc2ccccc2C1. The van der Waals surface area contributed by atoms with E-state index in [0.717, 1.165) is 36.6 Å². The molecular formula is C20H24N2O3. The topological polar surface area (TPSA) is 54.0 Å². The molecule has 0 fully saturated rings. The molecule has 2 heterocycles. The summed E-state index contributed by atoms with van der Waals surface area (Å²) in [7, 11) is 0. The van der Waals surface area contributed by atoms with Gasteiger partial charge < -0.3 is 19.9 Å². The fourth-order valence-corrected chi connectivity index (χ4v) is 3.58. The number of nitrogens with zero attached hydrogens (tertiary/aromatic N) is 1. The van der Waals surface area contributed by atoms with Crippen LogP contribution in [0.5, 0.6) is 11.5 Å². The number of β-amino-alcohol motifs (C(OH)–C–C–N with tert-alkyl or cyclic N) is 1. The van der Waals surface area contributed by atoms with Gasteiger partial charge in [0.25, 0.3) is 0 Å². The molecular weight excluding hydrogens is 316 g/mol. The molecule has 0 spiro atoms. The van der Waals surface area contributed by atoms with Gasteiger partial charge in [-0.3, -0.25) is 4.90 Å². The normalized spacial score (nSPS) is 17.3. The van der Waals surface area contributed by atoms with Crippen LogP contribution in [0.4, 0.5) is 0 Å². The number of rotatable bonds is 6. The molecule has 0 amide bonds. The molecule has 1 atom stereocenters. The average molecular weight is 340 g/mol. The molecule has 0 saturated heterocycles. The standard InChI is InChI=1S/C20H24N2O3/c23-18(13-22-9-8-15-4-1-2-5-17(15)12-22)11-21-10-16-6-3-7-19-20(16)25-14-24-19/h1-7,18,21,23H,8-14H2/t18-/m0/s1. The largest absolute Gasteiger partial charge is 0.454 e. The smallest absolute Gasteiger partial charge is 0.231 e. The zero-order chi connectivity index (χ0) is 17.1. The van der Waals surface area contributed by atoms with Crippen LogP contribution in [0.2, 0.25) is 0 Å². The second kappa shape index (κ2) is 7.44. The molecule has 0 aliphatic carbocycles. The van der Waals surface area contributed by atoms with E-state index in [-0.39, 0.29) is 12.9 Å². The molecule has 25 heavy (non-hydrogen) atoms. The van der Waals surface area contributed by atoms with E-state index in [9.17, 15) is 5.11 Å². The summed E-state index contributed by atoms with van der Waals surface area (Å²) in [5.74, 6) is 1.61. The number of ether oxygens (including phenoxy) is 2. The van der Waals surface area contributed by atoms with Crippen molar-refractivity contribution in [3.63, 3.8) is 0 Å². The highest BCUT2D eigenvalue weighted by Gasteiger charge is 2.19. The van der Waals surface area contributed by atoms with Gasteiger partial charge in [-0.05, 0) is 23.6 Å². The molecule has 132 valence electrons. The van der Waals surface area contributed by atoms with Crippen LogP contribution in [0.15, 0.2) is 42.5 Å². The zero-order valence-corrected chi connectivity index (χ0v) is 14.3. The van der Waals surface area contributed by atoms with E-state index in [1.54, 1.807) is 0 Å². The molecule has 2 aromatic carbocycles. The molecule has 2 aliphatic heterocycles. The lowest BCUT2D eigenvalue weighted by Gasteiger charge is -2.30. The van der Waals surface area contributed by atoms with Crippen LogP contribution >= 0.6 is 0 Å². The maximum absolute atomic E-state index is 10.4. The Hall–Kier alpha value is -2.08. The number of aliphatic hydroxyl groups excluding tert-OH is 1. The van der Waals surface area contributed by atoms with Crippen molar-refractivity contribution in [1.82, 2.24) is 10.2 Å². The van der Waals surface area contributed by atoms with E-state index in [0.29, 0.717) is 19.6 Å². The summed E-state index contributed by atoms with van der Waals surface area (Å²) in [6.07, 6.45) is 0.670. The first-order chi connectivity index (χ1) is 12.3. The number of hydrogen-bond acceptors (Lipinski definition) is 5. The quantitative estimate of drug-likeness (QED) is 0.842. The van der Waals surface area contributed by atoms with Gasteiger partial charge >= 0.3 is 0 Å². The van der Waals surface area contributed by atoms with Crippen molar-refractivity contribution in [3.05, 3.63) is 59.2 Å². The Balaban J connectivity index is 1.25. The number of aliphatic hydroxyl groups is 1. The maximum Gasteiger partial charge on any atom is 0.231 e. The highest BCUT2D eigenvalue weighted by molar-refractivity contribution is 5.48. The molecule has 5 nitrogen and oxygen atoms in total. The molecule has 0 aromatic heterocycles. The average Bonchev–Trinajstić information content (AvgIpc) is 3.11. The summed E-state index contributed by atoms with van der Waals surface area (Å²) in [5, 5.41) is 13.7. The van der Waals surface area contributed by atoms with E-state index in [1.165, 1.54) is 11.1 Å². The Labute approximate surface area is 148 Å². The first kappa shape index (κ1) is 16.4. The molecule has 0 unspecified atom stereocenters. The molecule has 2 aromatic rings. The van der Waals surface area contributed by atoms with Crippen molar-refractivity contribution in [2.24, 2.45) is 0 Å². The number of fused-ring (bicyclic) bond motifs is 2. The van der Waals surface area contributed by atoms with Crippen LogP contribution < -0.4 is 14.8 Å². The van der Waals surface area contributed by atoms with E-state index >= 15 is 0 Å². The van der Waals surface area contributed by atoms with Crippen molar-refractivity contribution in [2.75, 3.05) is 26.4 Å². The Morgan fingerprint density at radius 3 is 2.88 bits per heavy atom. The van der Waals surface area contributed by atoms with Gasteiger partial charge in [0, 0.05) is 38.3 Å². The van der Waals surface area contributed by atoms with E-state index < -0.39 is 0 Å². The second-order valence-electron chi connectivity index (χ2n) is 6.69. The predicted octanol–water partition coefficient (Wildman–Crippen LogP) is 1.92. The molecule has 0 bridgehead atoms. The lowest BCUT2D eigenvalue weighted by atomic mass is 10.00. The fraction of sp³-hybridized carbons (Fsp3) is 0.400. The third kappa shape index (κ3) is 3.79. The van der Waals surface area contributed by atoms with E-state index in [2.05, 4.69) is 34.5 Å². The lowest BCUT2D eigenvalue weighted by molar-refractivity contribution is 0.104. The number of nitrogens with one attached hydrogen (secondary N) is 1. The van der Waals surface area contributed by atoms with Gasteiger partial charge in [-0.2, -0.15) is 0 Å². The minimum absolute atomic E-state index is 0.283. The Bertz CT molecular complexity index is 735. The van der Waals surface area contributed by atoms with Crippen molar-refractivity contribution >= 4 is 0 Å². The Morgan fingerprint density at radius 2 is 1.96 bits per heavy atom. The highest BCUT2D eigenvalue weighted by atomic mass is 16.7.